The predicted molar refractivity (Wildman–Crippen MR) is 69.9 cm³/mol. The molecule has 1 fully saturated rings. The molecule has 1 unspecified atom stereocenters. The standard InChI is InChI=1S/C14H24N2O/c1-2-12-8-9-14(17-12)13(10-15)16-11-6-4-3-5-7-11/h8-9,11,13,16H,2-7,10,15H2,1H3. The molecule has 2 rings (SSSR count). The molecule has 0 spiro atoms. The van der Waals surface area contributed by atoms with Gasteiger partial charge in [-0.15, -0.1) is 0 Å². The summed E-state index contributed by atoms with van der Waals surface area (Å²) in [5, 5.41) is 3.64. The van der Waals surface area contributed by atoms with Gasteiger partial charge in [0.1, 0.15) is 11.5 Å². The monoisotopic (exact) mass is 236 g/mol. The summed E-state index contributed by atoms with van der Waals surface area (Å²) in [6, 6.07) is 4.91. The molecule has 17 heavy (non-hydrogen) atoms. The fourth-order valence-corrected chi connectivity index (χ4v) is 2.59. The summed E-state index contributed by atoms with van der Waals surface area (Å²) in [7, 11) is 0. The lowest BCUT2D eigenvalue weighted by Crippen LogP contribution is -2.37. The van der Waals surface area contributed by atoms with Crippen LogP contribution in [0.1, 0.15) is 56.6 Å². The maximum atomic E-state index is 5.85. The largest absolute Gasteiger partial charge is 0.464 e. The van der Waals surface area contributed by atoms with Crippen LogP contribution in [0, 0.1) is 0 Å². The molecule has 1 aliphatic carbocycles. The lowest BCUT2D eigenvalue weighted by Gasteiger charge is -2.26. The first kappa shape index (κ1) is 12.7. The van der Waals surface area contributed by atoms with Crippen LogP contribution in [0.4, 0.5) is 0 Å². The Morgan fingerprint density at radius 2 is 2.12 bits per heavy atom. The van der Waals surface area contributed by atoms with E-state index >= 15 is 0 Å². The van der Waals surface area contributed by atoms with Gasteiger partial charge in [0.2, 0.25) is 0 Å². The van der Waals surface area contributed by atoms with Crippen molar-refractivity contribution >= 4 is 0 Å². The molecular formula is C14H24N2O. The number of furan rings is 1. The van der Waals surface area contributed by atoms with Crippen molar-refractivity contribution in [2.45, 2.75) is 57.5 Å². The number of aryl methyl sites for hydroxylation is 1. The van der Waals surface area contributed by atoms with E-state index in [-0.39, 0.29) is 6.04 Å². The van der Waals surface area contributed by atoms with Gasteiger partial charge in [0.25, 0.3) is 0 Å². The third-order valence-electron chi connectivity index (χ3n) is 3.65. The van der Waals surface area contributed by atoms with Crippen molar-refractivity contribution in [3.05, 3.63) is 23.7 Å². The molecule has 0 amide bonds. The third-order valence-corrected chi connectivity index (χ3v) is 3.65. The average molecular weight is 236 g/mol. The van der Waals surface area contributed by atoms with E-state index < -0.39 is 0 Å². The summed E-state index contributed by atoms with van der Waals surface area (Å²) < 4.78 is 5.78. The zero-order valence-corrected chi connectivity index (χ0v) is 10.7. The molecule has 3 heteroatoms. The van der Waals surface area contributed by atoms with Gasteiger partial charge in [0.15, 0.2) is 0 Å². The molecule has 1 saturated carbocycles. The molecule has 0 saturated heterocycles. The number of nitrogens with two attached hydrogens (primary N) is 1. The van der Waals surface area contributed by atoms with Gasteiger partial charge in [-0.25, -0.2) is 0 Å². The Morgan fingerprint density at radius 3 is 2.71 bits per heavy atom. The highest BCUT2D eigenvalue weighted by Crippen LogP contribution is 2.22. The maximum absolute atomic E-state index is 5.85. The molecule has 1 aromatic heterocycles. The fraction of sp³-hybridized carbons (Fsp3) is 0.714. The van der Waals surface area contributed by atoms with Crippen molar-refractivity contribution in [2.24, 2.45) is 5.73 Å². The summed E-state index contributed by atoms with van der Waals surface area (Å²) in [4.78, 5) is 0. The summed E-state index contributed by atoms with van der Waals surface area (Å²) in [5.41, 5.74) is 5.85. The van der Waals surface area contributed by atoms with Crippen molar-refractivity contribution in [2.75, 3.05) is 6.54 Å². The molecular weight excluding hydrogens is 212 g/mol. The van der Waals surface area contributed by atoms with Crippen LogP contribution >= 0.6 is 0 Å². The first-order valence-electron chi connectivity index (χ1n) is 6.88. The van der Waals surface area contributed by atoms with Crippen molar-refractivity contribution in [1.82, 2.24) is 5.32 Å². The minimum absolute atomic E-state index is 0.179. The molecule has 1 atom stereocenters. The highest BCUT2D eigenvalue weighted by atomic mass is 16.3. The van der Waals surface area contributed by atoms with E-state index in [4.69, 9.17) is 10.2 Å². The van der Waals surface area contributed by atoms with Crippen LogP contribution in [0.3, 0.4) is 0 Å². The summed E-state index contributed by atoms with van der Waals surface area (Å²) >= 11 is 0. The van der Waals surface area contributed by atoms with Crippen LogP contribution in [0.5, 0.6) is 0 Å². The van der Waals surface area contributed by atoms with Gasteiger partial charge in [-0.2, -0.15) is 0 Å². The Labute approximate surface area is 104 Å². The Morgan fingerprint density at radius 1 is 1.35 bits per heavy atom. The van der Waals surface area contributed by atoms with E-state index in [0.717, 1.165) is 17.9 Å². The van der Waals surface area contributed by atoms with Crippen LogP contribution in [-0.4, -0.2) is 12.6 Å². The third kappa shape index (κ3) is 3.33. The van der Waals surface area contributed by atoms with Crippen LogP contribution in [-0.2, 0) is 6.42 Å². The zero-order valence-electron chi connectivity index (χ0n) is 10.7. The second-order valence-electron chi connectivity index (χ2n) is 4.95. The lowest BCUT2D eigenvalue weighted by molar-refractivity contribution is 0.312. The van der Waals surface area contributed by atoms with E-state index in [9.17, 15) is 0 Å². The highest BCUT2D eigenvalue weighted by Gasteiger charge is 2.20. The topological polar surface area (TPSA) is 51.2 Å². The van der Waals surface area contributed by atoms with E-state index in [1.807, 2.05) is 0 Å². The van der Waals surface area contributed by atoms with Crippen LogP contribution < -0.4 is 11.1 Å². The van der Waals surface area contributed by atoms with Gasteiger partial charge in [-0.1, -0.05) is 26.2 Å². The van der Waals surface area contributed by atoms with E-state index in [1.165, 1.54) is 32.1 Å². The molecule has 3 nitrogen and oxygen atoms in total. The Bertz CT molecular complexity index is 329. The Kier molecular flexibility index (Phi) is 4.63. The first-order chi connectivity index (χ1) is 8.33. The van der Waals surface area contributed by atoms with Crippen LogP contribution in [0.15, 0.2) is 16.5 Å². The fourth-order valence-electron chi connectivity index (χ4n) is 2.59. The molecule has 1 aromatic rings. The summed E-state index contributed by atoms with van der Waals surface area (Å²) in [6.45, 7) is 2.71. The number of nitrogens with one attached hydrogen (secondary N) is 1. The van der Waals surface area contributed by atoms with E-state index in [1.54, 1.807) is 0 Å². The Hall–Kier alpha value is -0.800. The van der Waals surface area contributed by atoms with Gasteiger partial charge in [-0.05, 0) is 25.0 Å². The van der Waals surface area contributed by atoms with Crippen molar-refractivity contribution in [3.8, 4) is 0 Å². The van der Waals surface area contributed by atoms with Crippen LogP contribution in [0.2, 0.25) is 0 Å². The molecule has 96 valence electrons. The molecule has 0 radical (unpaired) electrons. The normalized spacial score (nSPS) is 19.4. The molecule has 0 aliphatic heterocycles. The second-order valence-corrected chi connectivity index (χ2v) is 4.95. The van der Waals surface area contributed by atoms with Crippen molar-refractivity contribution in [3.63, 3.8) is 0 Å². The highest BCUT2D eigenvalue weighted by molar-refractivity contribution is 5.11. The van der Waals surface area contributed by atoms with Crippen molar-refractivity contribution < 1.29 is 4.42 Å². The molecule has 1 heterocycles. The summed E-state index contributed by atoms with van der Waals surface area (Å²) in [6.07, 6.45) is 7.56. The minimum Gasteiger partial charge on any atom is -0.464 e. The molecule has 0 bridgehead atoms. The molecule has 0 aromatic carbocycles. The quantitative estimate of drug-likeness (QED) is 0.826. The molecule has 3 N–H and O–H groups in total. The van der Waals surface area contributed by atoms with Gasteiger partial charge >= 0.3 is 0 Å². The Balaban J connectivity index is 1.95. The van der Waals surface area contributed by atoms with Crippen LogP contribution in [0.25, 0.3) is 0 Å². The average Bonchev–Trinajstić information content (AvgIpc) is 2.86. The minimum atomic E-state index is 0.179. The van der Waals surface area contributed by atoms with Crippen molar-refractivity contribution in [1.29, 1.82) is 0 Å². The number of hydrogen-bond acceptors (Lipinski definition) is 3. The van der Waals surface area contributed by atoms with Gasteiger partial charge < -0.3 is 15.5 Å². The van der Waals surface area contributed by atoms with Gasteiger partial charge in [-0.3, -0.25) is 0 Å². The van der Waals surface area contributed by atoms with E-state index in [0.29, 0.717) is 12.6 Å². The second kappa shape index (κ2) is 6.22. The SMILES string of the molecule is CCc1ccc(C(CN)NC2CCCCC2)o1. The molecule has 1 aliphatic rings. The van der Waals surface area contributed by atoms with E-state index in [2.05, 4.69) is 24.4 Å². The zero-order chi connectivity index (χ0) is 12.1. The predicted octanol–water partition coefficient (Wildman–Crippen LogP) is 2.76. The number of hydrogen-bond donors (Lipinski definition) is 2. The summed E-state index contributed by atoms with van der Waals surface area (Å²) in [5.74, 6) is 2.04. The first-order valence-corrected chi connectivity index (χ1v) is 6.88. The van der Waals surface area contributed by atoms with Gasteiger partial charge in [0.05, 0.1) is 6.04 Å². The maximum Gasteiger partial charge on any atom is 0.122 e. The van der Waals surface area contributed by atoms with Gasteiger partial charge in [0, 0.05) is 19.0 Å². The smallest absolute Gasteiger partial charge is 0.122 e. The lowest BCUT2D eigenvalue weighted by atomic mass is 9.94. The number of rotatable bonds is 5.